The van der Waals surface area contributed by atoms with Crippen molar-refractivity contribution in [1.82, 2.24) is 9.97 Å². The summed E-state index contributed by atoms with van der Waals surface area (Å²) in [6.07, 6.45) is 2.32. The number of fused-ring (bicyclic) bond motifs is 1. The van der Waals surface area contributed by atoms with Crippen molar-refractivity contribution in [2.45, 2.75) is 32.8 Å². The van der Waals surface area contributed by atoms with Crippen LogP contribution in [0, 0.1) is 5.82 Å². The summed E-state index contributed by atoms with van der Waals surface area (Å²) in [5, 5.41) is 3.20. The Hall–Kier alpha value is -1.62. The Morgan fingerprint density at radius 3 is 3.00 bits per heavy atom. The maximum Gasteiger partial charge on any atom is 0.201 e. The third-order valence-electron chi connectivity index (χ3n) is 2.76. The molecule has 2 N–H and O–H groups in total. The molecular formula is C14H20FN3O. The summed E-state index contributed by atoms with van der Waals surface area (Å²) >= 11 is 0. The van der Waals surface area contributed by atoms with Gasteiger partial charge in [-0.15, -0.1) is 0 Å². The highest BCUT2D eigenvalue weighted by Crippen LogP contribution is 2.15. The van der Waals surface area contributed by atoms with Gasteiger partial charge in [0.15, 0.2) is 0 Å². The maximum absolute atomic E-state index is 13.0. The van der Waals surface area contributed by atoms with Gasteiger partial charge < -0.3 is 15.0 Å². The van der Waals surface area contributed by atoms with E-state index in [1.807, 2.05) is 13.8 Å². The van der Waals surface area contributed by atoms with E-state index in [9.17, 15) is 4.39 Å². The lowest BCUT2D eigenvalue weighted by molar-refractivity contribution is 0.0765. The molecule has 0 bridgehead atoms. The molecule has 0 aliphatic heterocycles. The van der Waals surface area contributed by atoms with Crippen molar-refractivity contribution in [3.05, 3.63) is 24.0 Å². The van der Waals surface area contributed by atoms with Crippen molar-refractivity contribution in [2.24, 2.45) is 0 Å². The lowest BCUT2D eigenvalue weighted by atomic mass is 10.3. The van der Waals surface area contributed by atoms with E-state index in [1.165, 1.54) is 12.1 Å². The van der Waals surface area contributed by atoms with E-state index in [4.69, 9.17) is 4.74 Å². The molecule has 0 aliphatic carbocycles. The Morgan fingerprint density at radius 1 is 1.37 bits per heavy atom. The highest BCUT2D eigenvalue weighted by Gasteiger charge is 2.02. The van der Waals surface area contributed by atoms with Gasteiger partial charge in [-0.3, -0.25) is 0 Å². The van der Waals surface area contributed by atoms with Crippen LogP contribution in [0.3, 0.4) is 0 Å². The number of aromatic nitrogens is 2. The number of nitrogens with one attached hydrogen (secondary N) is 2. The number of halogens is 1. The normalized spacial score (nSPS) is 11.4. The predicted octanol–water partition coefficient (Wildman–Crippen LogP) is 3.32. The molecule has 1 aromatic heterocycles. The van der Waals surface area contributed by atoms with Crippen LogP contribution in [0.5, 0.6) is 0 Å². The zero-order valence-corrected chi connectivity index (χ0v) is 11.4. The first-order valence-electron chi connectivity index (χ1n) is 6.66. The van der Waals surface area contributed by atoms with Crippen LogP contribution in [0.15, 0.2) is 18.2 Å². The molecule has 0 atom stereocenters. The number of nitrogens with zero attached hydrogens (tertiary/aromatic N) is 1. The maximum atomic E-state index is 13.0. The molecule has 0 fully saturated rings. The van der Waals surface area contributed by atoms with Crippen LogP contribution in [0.1, 0.15) is 26.7 Å². The number of ether oxygens (including phenoxy) is 1. The smallest absolute Gasteiger partial charge is 0.201 e. The molecule has 0 amide bonds. The van der Waals surface area contributed by atoms with Gasteiger partial charge in [0.2, 0.25) is 5.95 Å². The van der Waals surface area contributed by atoms with Gasteiger partial charge in [-0.05, 0) is 44.9 Å². The van der Waals surface area contributed by atoms with E-state index >= 15 is 0 Å². The minimum Gasteiger partial charge on any atom is -0.379 e. The molecular weight excluding hydrogens is 245 g/mol. The van der Waals surface area contributed by atoms with Crippen molar-refractivity contribution in [3.8, 4) is 0 Å². The second-order valence-electron chi connectivity index (χ2n) is 4.80. The largest absolute Gasteiger partial charge is 0.379 e. The Kier molecular flexibility index (Phi) is 4.74. The van der Waals surface area contributed by atoms with Gasteiger partial charge in [-0.25, -0.2) is 9.37 Å². The zero-order chi connectivity index (χ0) is 13.7. The van der Waals surface area contributed by atoms with Crippen LogP contribution < -0.4 is 5.32 Å². The van der Waals surface area contributed by atoms with Crippen LogP contribution in [0.25, 0.3) is 11.0 Å². The van der Waals surface area contributed by atoms with E-state index in [0.717, 1.165) is 31.5 Å². The fraction of sp³-hybridized carbons (Fsp3) is 0.500. The molecule has 19 heavy (non-hydrogen) atoms. The quantitative estimate of drug-likeness (QED) is 0.755. The van der Waals surface area contributed by atoms with Gasteiger partial charge in [0, 0.05) is 13.2 Å². The number of H-pyrrole nitrogens is 1. The van der Waals surface area contributed by atoms with Crippen LogP contribution in [-0.4, -0.2) is 29.2 Å². The van der Waals surface area contributed by atoms with Crippen molar-refractivity contribution in [1.29, 1.82) is 0 Å². The lowest BCUT2D eigenvalue weighted by Crippen LogP contribution is -2.07. The van der Waals surface area contributed by atoms with E-state index in [-0.39, 0.29) is 5.82 Å². The molecule has 0 aliphatic rings. The van der Waals surface area contributed by atoms with Crippen LogP contribution in [-0.2, 0) is 4.74 Å². The Morgan fingerprint density at radius 2 is 2.21 bits per heavy atom. The van der Waals surface area contributed by atoms with Gasteiger partial charge in [0.25, 0.3) is 0 Å². The number of benzene rings is 1. The first-order valence-corrected chi connectivity index (χ1v) is 6.66. The summed E-state index contributed by atoms with van der Waals surface area (Å²) in [5.74, 6) is 0.430. The van der Waals surface area contributed by atoms with Crippen LogP contribution in [0.2, 0.25) is 0 Å². The van der Waals surface area contributed by atoms with Crippen molar-refractivity contribution in [2.75, 3.05) is 18.5 Å². The Balaban J connectivity index is 1.75. The number of aromatic amines is 1. The summed E-state index contributed by atoms with van der Waals surface area (Å²) in [7, 11) is 0. The molecule has 4 nitrogen and oxygen atoms in total. The minimum atomic E-state index is -0.256. The molecule has 0 unspecified atom stereocenters. The second kappa shape index (κ2) is 6.52. The van der Waals surface area contributed by atoms with Crippen LogP contribution in [0.4, 0.5) is 10.3 Å². The lowest BCUT2D eigenvalue weighted by Gasteiger charge is -2.07. The van der Waals surface area contributed by atoms with Crippen molar-refractivity contribution in [3.63, 3.8) is 0 Å². The molecule has 0 saturated heterocycles. The second-order valence-corrected chi connectivity index (χ2v) is 4.80. The third kappa shape index (κ3) is 4.21. The average molecular weight is 265 g/mol. The van der Waals surface area contributed by atoms with Gasteiger partial charge in [0.05, 0.1) is 17.1 Å². The molecule has 5 heteroatoms. The van der Waals surface area contributed by atoms with Gasteiger partial charge in [-0.2, -0.15) is 0 Å². The van der Waals surface area contributed by atoms with E-state index in [0.29, 0.717) is 17.6 Å². The molecule has 1 heterocycles. The highest BCUT2D eigenvalue weighted by atomic mass is 19.1. The Labute approximate surface area is 112 Å². The van der Waals surface area contributed by atoms with Gasteiger partial charge >= 0.3 is 0 Å². The fourth-order valence-electron chi connectivity index (χ4n) is 1.82. The summed E-state index contributed by atoms with van der Waals surface area (Å²) < 4.78 is 18.5. The van der Waals surface area contributed by atoms with Gasteiger partial charge in [0.1, 0.15) is 5.82 Å². The third-order valence-corrected chi connectivity index (χ3v) is 2.76. The first kappa shape index (κ1) is 13.8. The molecule has 0 spiro atoms. The summed E-state index contributed by atoms with van der Waals surface area (Å²) in [6.45, 7) is 5.67. The van der Waals surface area contributed by atoms with Crippen molar-refractivity contribution < 1.29 is 9.13 Å². The standard InChI is InChI=1S/C14H20FN3O/c1-10(2)19-8-4-3-7-16-14-17-12-6-5-11(15)9-13(12)18-14/h5-6,9-10H,3-4,7-8H2,1-2H3,(H2,16,17,18). The number of imidazole rings is 1. The molecule has 0 saturated carbocycles. The number of hydrogen-bond donors (Lipinski definition) is 2. The van der Waals surface area contributed by atoms with E-state index in [2.05, 4.69) is 15.3 Å². The number of anilines is 1. The van der Waals surface area contributed by atoms with E-state index in [1.54, 1.807) is 6.07 Å². The van der Waals surface area contributed by atoms with Gasteiger partial charge in [-0.1, -0.05) is 0 Å². The zero-order valence-electron chi connectivity index (χ0n) is 11.4. The average Bonchev–Trinajstić information content (AvgIpc) is 2.75. The molecule has 104 valence electrons. The monoisotopic (exact) mass is 265 g/mol. The fourth-order valence-corrected chi connectivity index (χ4v) is 1.82. The molecule has 0 radical (unpaired) electrons. The molecule has 1 aromatic carbocycles. The summed E-state index contributed by atoms with van der Waals surface area (Å²) in [4.78, 5) is 7.39. The SMILES string of the molecule is CC(C)OCCCCNc1nc2ccc(F)cc2[nH]1. The number of hydrogen-bond acceptors (Lipinski definition) is 3. The first-order chi connectivity index (χ1) is 9.15. The minimum absolute atomic E-state index is 0.256. The topological polar surface area (TPSA) is 49.9 Å². The number of unbranched alkanes of at least 4 members (excludes halogenated alkanes) is 1. The Bertz CT molecular complexity index is 524. The van der Waals surface area contributed by atoms with Crippen LogP contribution >= 0.6 is 0 Å². The molecule has 2 rings (SSSR count). The van der Waals surface area contributed by atoms with Crippen molar-refractivity contribution >= 4 is 17.0 Å². The number of rotatable bonds is 7. The van der Waals surface area contributed by atoms with E-state index < -0.39 is 0 Å². The molecule has 2 aromatic rings. The summed E-state index contributed by atoms with van der Waals surface area (Å²) in [5.41, 5.74) is 1.48. The predicted molar refractivity (Wildman–Crippen MR) is 74.9 cm³/mol. The highest BCUT2D eigenvalue weighted by molar-refractivity contribution is 5.77. The summed E-state index contributed by atoms with van der Waals surface area (Å²) in [6, 6.07) is 4.53.